The number of carbonyl (C=O) groups is 1. The molecule has 4 aromatic heterocycles. The molecular weight excluding hydrogens is 458 g/mol. The molecule has 11 heteroatoms. The van der Waals surface area contributed by atoms with Crippen LogP contribution in [0.5, 0.6) is 0 Å². The smallest absolute Gasteiger partial charge is 0.279 e. The van der Waals surface area contributed by atoms with E-state index >= 15 is 0 Å². The normalized spacial score (nSPS) is 12.1. The van der Waals surface area contributed by atoms with Gasteiger partial charge in [0.1, 0.15) is 16.5 Å². The van der Waals surface area contributed by atoms with E-state index in [1.165, 1.54) is 10.8 Å². The lowest BCUT2D eigenvalue weighted by atomic mass is 10.2. The summed E-state index contributed by atoms with van der Waals surface area (Å²) in [6.45, 7) is 4.24. The van der Waals surface area contributed by atoms with Gasteiger partial charge in [0, 0.05) is 24.1 Å². The number of ether oxygens (including phenoxy) is 1. The van der Waals surface area contributed by atoms with Crippen LogP contribution in [0.1, 0.15) is 35.5 Å². The fraction of sp³-hybridized carbons (Fsp3) is 0.261. The number of aryl methyl sites for hydroxylation is 1. The number of nitrogens with zero attached hydrogens (tertiary/aromatic N) is 5. The van der Waals surface area contributed by atoms with Crippen LogP contribution in [0.25, 0.3) is 11.5 Å². The molecule has 0 aromatic carbocycles. The predicted molar refractivity (Wildman–Crippen MR) is 128 cm³/mol. The minimum absolute atomic E-state index is 0.0961. The van der Waals surface area contributed by atoms with Gasteiger partial charge in [0.25, 0.3) is 11.5 Å². The molecule has 0 radical (unpaired) electrons. The molecule has 0 spiro atoms. The lowest BCUT2D eigenvalue weighted by molar-refractivity contribution is 0.0820. The summed E-state index contributed by atoms with van der Waals surface area (Å²) in [6, 6.07) is 8.27. The van der Waals surface area contributed by atoms with Gasteiger partial charge < -0.3 is 15.8 Å². The largest absolute Gasteiger partial charge is 0.394 e. The summed E-state index contributed by atoms with van der Waals surface area (Å²) in [5.41, 5.74) is 7.93. The molecule has 0 saturated heterocycles. The van der Waals surface area contributed by atoms with Crippen molar-refractivity contribution in [2.45, 2.75) is 32.9 Å². The molecule has 1 atom stereocenters. The van der Waals surface area contributed by atoms with Crippen molar-refractivity contribution in [3.63, 3.8) is 0 Å². The highest BCUT2D eigenvalue weighted by molar-refractivity contribution is 6.29. The number of amides is 1. The number of anilines is 1. The van der Waals surface area contributed by atoms with Gasteiger partial charge in [-0.1, -0.05) is 24.6 Å². The highest BCUT2D eigenvalue weighted by atomic mass is 35.5. The third kappa shape index (κ3) is 4.92. The molecule has 0 aliphatic heterocycles. The second-order valence-electron chi connectivity index (χ2n) is 7.77. The molecule has 0 unspecified atom stereocenters. The number of rotatable bonds is 8. The number of nitrogens with two attached hydrogens (primary N) is 1. The summed E-state index contributed by atoms with van der Waals surface area (Å²) in [4.78, 5) is 33.6. The van der Waals surface area contributed by atoms with E-state index in [2.05, 4.69) is 20.4 Å². The fourth-order valence-corrected chi connectivity index (χ4v) is 3.71. The van der Waals surface area contributed by atoms with Crippen molar-refractivity contribution < 1.29 is 9.53 Å². The van der Waals surface area contributed by atoms with Crippen molar-refractivity contribution >= 4 is 28.8 Å². The number of fused-ring (bicyclic) bond motifs is 1. The molecule has 0 saturated carbocycles. The molecule has 34 heavy (non-hydrogen) atoms. The Hall–Kier alpha value is -3.76. The number of nitrogen functional groups attached to an aromatic ring is 1. The van der Waals surface area contributed by atoms with Gasteiger partial charge in [-0.2, -0.15) is 5.10 Å². The van der Waals surface area contributed by atoms with E-state index in [1.807, 2.05) is 13.8 Å². The minimum atomic E-state index is -0.351. The molecule has 176 valence electrons. The van der Waals surface area contributed by atoms with Crippen LogP contribution in [-0.4, -0.2) is 42.7 Å². The van der Waals surface area contributed by atoms with Gasteiger partial charge in [-0.25, -0.2) is 14.5 Å². The van der Waals surface area contributed by atoms with Crippen LogP contribution in [-0.2, 0) is 17.8 Å². The first-order valence-corrected chi connectivity index (χ1v) is 11.1. The summed E-state index contributed by atoms with van der Waals surface area (Å²) in [5, 5.41) is 7.46. The SMILES string of the molecule is CCc1cc(Cl)nc2c(C(=O)N[C@H](C)COCc3cc(N)c(=O)n(-c4ccccn4)c3)cnn12. The maximum Gasteiger partial charge on any atom is 0.279 e. The summed E-state index contributed by atoms with van der Waals surface area (Å²) in [7, 11) is 0. The number of halogens is 1. The zero-order chi connectivity index (χ0) is 24.2. The Morgan fingerprint density at radius 1 is 1.32 bits per heavy atom. The van der Waals surface area contributed by atoms with E-state index < -0.39 is 0 Å². The lowest BCUT2D eigenvalue weighted by Gasteiger charge is -2.15. The van der Waals surface area contributed by atoms with Crippen LogP contribution in [0.4, 0.5) is 5.69 Å². The van der Waals surface area contributed by atoms with E-state index in [0.717, 1.165) is 5.69 Å². The van der Waals surface area contributed by atoms with Crippen LogP contribution in [0.2, 0.25) is 5.15 Å². The summed E-state index contributed by atoms with van der Waals surface area (Å²) in [6.07, 6.45) is 5.42. The van der Waals surface area contributed by atoms with Gasteiger partial charge in [-0.3, -0.25) is 14.2 Å². The van der Waals surface area contributed by atoms with Gasteiger partial charge in [0.2, 0.25) is 0 Å². The van der Waals surface area contributed by atoms with Gasteiger partial charge in [-0.05, 0) is 43.2 Å². The molecule has 0 fully saturated rings. The highest BCUT2D eigenvalue weighted by Crippen LogP contribution is 2.16. The molecule has 0 aliphatic carbocycles. The Kier molecular flexibility index (Phi) is 6.90. The third-order valence-electron chi connectivity index (χ3n) is 5.13. The Bertz CT molecular complexity index is 1380. The highest BCUT2D eigenvalue weighted by Gasteiger charge is 2.18. The first kappa shape index (κ1) is 23.4. The number of aromatic nitrogens is 5. The quantitative estimate of drug-likeness (QED) is 0.369. The monoisotopic (exact) mass is 481 g/mol. The Labute approximate surface area is 200 Å². The number of pyridine rings is 2. The van der Waals surface area contributed by atoms with Crippen LogP contribution in [0, 0.1) is 0 Å². The minimum Gasteiger partial charge on any atom is -0.394 e. The van der Waals surface area contributed by atoms with E-state index in [0.29, 0.717) is 34.2 Å². The van der Waals surface area contributed by atoms with E-state index in [1.54, 1.807) is 47.2 Å². The number of hydrogen-bond donors (Lipinski definition) is 2. The zero-order valence-electron chi connectivity index (χ0n) is 18.7. The lowest BCUT2D eigenvalue weighted by Crippen LogP contribution is -2.36. The topological polar surface area (TPSA) is 129 Å². The van der Waals surface area contributed by atoms with Crippen molar-refractivity contribution in [3.05, 3.63) is 81.3 Å². The molecule has 4 aromatic rings. The van der Waals surface area contributed by atoms with Gasteiger partial charge in [-0.15, -0.1) is 0 Å². The number of nitrogens with one attached hydrogen (secondary N) is 1. The first-order chi connectivity index (χ1) is 16.4. The van der Waals surface area contributed by atoms with Crippen molar-refractivity contribution in [3.8, 4) is 5.82 Å². The number of carbonyl (C=O) groups excluding carboxylic acids is 1. The summed E-state index contributed by atoms with van der Waals surface area (Å²) in [5.74, 6) is 0.144. The standard InChI is InChI=1S/C23H24ClN7O3/c1-3-16-9-19(24)29-21-17(10-27-31(16)21)22(32)28-14(2)12-34-13-15-8-18(25)23(33)30(11-15)20-6-4-5-7-26-20/h4-11,14H,3,12-13,25H2,1-2H3,(H,28,32)/t14-/m1/s1. The third-order valence-corrected chi connectivity index (χ3v) is 5.33. The van der Waals surface area contributed by atoms with Crippen molar-refractivity contribution in [1.29, 1.82) is 0 Å². The van der Waals surface area contributed by atoms with Crippen molar-refractivity contribution in [1.82, 2.24) is 29.5 Å². The average Bonchev–Trinajstić information content (AvgIpc) is 3.25. The second kappa shape index (κ2) is 10.0. The van der Waals surface area contributed by atoms with Crippen LogP contribution in [0.3, 0.4) is 0 Å². The molecule has 3 N–H and O–H groups in total. The average molecular weight is 482 g/mol. The molecule has 1 amide bonds. The Morgan fingerprint density at radius 2 is 2.15 bits per heavy atom. The molecular formula is C23H24ClN7O3. The van der Waals surface area contributed by atoms with Crippen LogP contribution >= 0.6 is 11.6 Å². The van der Waals surface area contributed by atoms with E-state index in [9.17, 15) is 9.59 Å². The zero-order valence-corrected chi connectivity index (χ0v) is 19.5. The van der Waals surface area contributed by atoms with Crippen LogP contribution in [0.15, 0.2) is 53.7 Å². The van der Waals surface area contributed by atoms with Gasteiger partial charge in [0.15, 0.2) is 5.65 Å². The fourth-order valence-electron chi connectivity index (χ4n) is 3.51. The molecule has 4 rings (SSSR count). The van der Waals surface area contributed by atoms with Gasteiger partial charge >= 0.3 is 0 Å². The Morgan fingerprint density at radius 3 is 2.88 bits per heavy atom. The maximum absolute atomic E-state index is 12.8. The van der Waals surface area contributed by atoms with E-state index in [-0.39, 0.29) is 36.4 Å². The maximum atomic E-state index is 12.8. The molecule has 10 nitrogen and oxygen atoms in total. The van der Waals surface area contributed by atoms with Crippen molar-refractivity contribution in [2.24, 2.45) is 0 Å². The summed E-state index contributed by atoms with van der Waals surface area (Å²) >= 11 is 6.10. The first-order valence-electron chi connectivity index (χ1n) is 10.7. The van der Waals surface area contributed by atoms with Gasteiger partial charge in [0.05, 0.1) is 25.1 Å². The number of hydrogen-bond acceptors (Lipinski definition) is 7. The summed E-state index contributed by atoms with van der Waals surface area (Å²) < 4.78 is 8.76. The van der Waals surface area contributed by atoms with Crippen LogP contribution < -0.4 is 16.6 Å². The predicted octanol–water partition coefficient (Wildman–Crippen LogP) is 2.41. The van der Waals surface area contributed by atoms with E-state index in [4.69, 9.17) is 22.1 Å². The Balaban J connectivity index is 1.40. The molecule has 0 bridgehead atoms. The molecule has 0 aliphatic rings. The van der Waals surface area contributed by atoms with Crippen molar-refractivity contribution in [2.75, 3.05) is 12.3 Å². The molecule has 4 heterocycles. The second-order valence-corrected chi connectivity index (χ2v) is 8.16.